The standard InChI is InChI=1S/C22H31N3O3S/c1-18-11-15-24(16-12-18)14-6-13-23-22(26)17-25(29(2,27)28)21-10-5-8-19-7-3-4-9-20(19)21/h3-5,7-10,18H,6,11-17H2,1-2H3,(H,23,26). The Kier molecular flexibility index (Phi) is 7.14. The van der Waals surface area contributed by atoms with Gasteiger partial charge in [0.05, 0.1) is 11.9 Å². The molecule has 1 N–H and O–H groups in total. The zero-order chi connectivity index (χ0) is 20.9. The van der Waals surface area contributed by atoms with E-state index < -0.39 is 10.0 Å². The molecule has 1 aliphatic rings. The second-order valence-corrected chi connectivity index (χ2v) is 9.90. The van der Waals surface area contributed by atoms with Gasteiger partial charge in [-0.3, -0.25) is 9.10 Å². The van der Waals surface area contributed by atoms with E-state index in [2.05, 4.69) is 17.1 Å². The molecule has 6 nitrogen and oxygen atoms in total. The van der Waals surface area contributed by atoms with Gasteiger partial charge in [-0.15, -0.1) is 0 Å². The van der Waals surface area contributed by atoms with Crippen molar-refractivity contribution in [2.24, 2.45) is 5.92 Å². The van der Waals surface area contributed by atoms with Crippen molar-refractivity contribution in [2.45, 2.75) is 26.2 Å². The van der Waals surface area contributed by atoms with Gasteiger partial charge in [-0.2, -0.15) is 0 Å². The number of anilines is 1. The normalized spacial score (nSPS) is 16.1. The van der Waals surface area contributed by atoms with E-state index in [1.165, 1.54) is 17.1 Å². The Hall–Kier alpha value is -2.12. The monoisotopic (exact) mass is 417 g/mol. The Bertz CT molecular complexity index is 932. The molecule has 0 aromatic heterocycles. The van der Waals surface area contributed by atoms with Crippen molar-refractivity contribution in [2.75, 3.05) is 43.3 Å². The fourth-order valence-electron chi connectivity index (χ4n) is 3.81. The molecule has 1 heterocycles. The van der Waals surface area contributed by atoms with Crippen molar-refractivity contribution in [3.05, 3.63) is 42.5 Å². The molecule has 0 aliphatic carbocycles. The average molecular weight is 418 g/mol. The van der Waals surface area contributed by atoms with Crippen LogP contribution in [0, 0.1) is 5.92 Å². The van der Waals surface area contributed by atoms with Gasteiger partial charge in [0.15, 0.2) is 0 Å². The van der Waals surface area contributed by atoms with Crippen LogP contribution in [0.1, 0.15) is 26.2 Å². The Morgan fingerprint density at radius 1 is 1.14 bits per heavy atom. The van der Waals surface area contributed by atoms with E-state index in [0.29, 0.717) is 12.2 Å². The summed E-state index contributed by atoms with van der Waals surface area (Å²) < 4.78 is 26.0. The van der Waals surface area contributed by atoms with Crippen LogP contribution in [0.25, 0.3) is 10.8 Å². The fraction of sp³-hybridized carbons (Fsp3) is 0.500. The summed E-state index contributed by atoms with van der Waals surface area (Å²) in [6.45, 7) is 5.84. The third-order valence-electron chi connectivity index (χ3n) is 5.57. The summed E-state index contributed by atoms with van der Waals surface area (Å²) in [5, 5.41) is 4.63. The maximum Gasteiger partial charge on any atom is 0.240 e. The van der Waals surface area contributed by atoms with Crippen LogP contribution >= 0.6 is 0 Å². The zero-order valence-electron chi connectivity index (χ0n) is 17.3. The van der Waals surface area contributed by atoms with Crippen molar-refractivity contribution >= 4 is 32.4 Å². The lowest BCUT2D eigenvalue weighted by Crippen LogP contribution is -2.41. The van der Waals surface area contributed by atoms with Gasteiger partial charge < -0.3 is 10.2 Å². The van der Waals surface area contributed by atoms with Gasteiger partial charge in [0.1, 0.15) is 6.54 Å². The predicted octanol–water partition coefficient (Wildman–Crippen LogP) is 2.84. The first-order valence-corrected chi connectivity index (χ1v) is 12.1. The maximum atomic E-state index is 12.5. The van der Waals surface area contributed by atoms with E-state index >= 15 is 0 Å². The molecule has 1 aliphatic heterocycles. The van der Waals surface area contributed by atoms with E-state index in [1.807, 2.05) is 36.4 Å². The van der Waals surface area contributed by atoms with Crippen LogP contribution in [-0.2, 0) is 14.8 Å². The number of piperidine rings is 1. The van der Waals surface area contributed by atoms with Gasteiger partial charge in [0, 0.05) is 11.9 Å². The van der Waals surface area contributed by atoms with Crippen LogP contribution in [0.5, 0.6) is 0 Å². The number of rotatable bonds is 8. The van der Waals surface area contributed by atoms with Crippen molar-refractivity contribution in [3.63, 3.8) is 0 Å². The Morgan fingerprint density at radius 3 is 2.55 bits per heavy atom. The minimum Gasteiger partial charge on any atom is -0.354 e. The molecule has 0 spiro atoms. The highest BCUT2D eigenvalue weighted by atomic mass is 32.2. The summed E-state index contributed by atoms with van der Waals surface area (Å²) in [5.41, 5.74) is 0.531. The number of sulfonamides is 1. The highest BCUT2D eigenvalue weighted by molar-refractivity contribution is 7.92. The number of carbonyl (C=O) groups excluding carboxylic acids is 1. The zero-order valence-corrected chi connectivity index (χ0v) is 18.1. The average Bonchev–Trinajstić information content (AvgIpc) is 2.69. The van der Waals surface area contributed by atoms with Gasteiger partial charge >= 0.3 is 0 Å². The molecule has 158 valence electrons. The van der Waals surface area contributed by atoms with Gasteiger partial charge in [0.25, 0.3) is 0 Å². The minimum atomic E-state index is -3.59. The van der Waals surface area contributed by atoms with Crippen LogP contribution in [0.15, 0.2) is 42.5 Å². The molecular formula is C22H31N3O3S. The quantitative estimate of drug-likeness (QED) is 0.671. The lowest BCUT2D eigenvalue weighted by molar-refractivity contribution is -0.119. The predicted molar refractivity (Wildman–Crippen MR) is 119 cm³/mol. The summed E-state index contributed by atoms with van der Waals surface area (Å²) in [4.78, 5) is 14.9. The number of nitrogens with one attached hydrogen (secondary N) is 1. The number of hydrogen-bond donors (Lipinski definition) is 1. The minimum absolute atomic E-state index is 0.214. The van der Waals surface area contributed by atoms with E-state index in [-0.39, 0.29) is 12.5 Å². The Labute approximate surface area is 173 Å². The fourth-order valence-corrected chi connectivity index (χ4v) is 4.68. The summed E-state index contributed by atoms with van der Waals surface area (Å²) in [6, 6.07) is 13.1. The number of benzene rings is 2. The number of fused-ring (bicyclic) bond motifs is 1. The number of amides is 1. The topological polar surface area (TPSA) is 69.7 Å². The molecule has 0 radical (unpaired) electrons. The van der Waals surface area contributed by atoms with Gasteiger partial charge in [-0.05, 0) is 56.3 Å². The molecule has 1 saturated heterocycles. The number of hydrogen-bond acceptors (Lipinski definition) is 4. The van der Waals surface area contributed by atoms with E-state index in [4.69, 9.17) is 0 Å². The lowest BCUT2D eigenvalue weighted by atomic mass is 9.99. The highest BCUT2D eigenvalue weighted by Gasteiger charge is 2.22. The van der Waals surface area contributed by atoms with E-state index in [0.717, 1.165) is 49.0 Å². The highest BCUT2D eigenvalue weighted by Crippen LogP contribution is 2.28. The number of nitrogens with zero attached hydrogens (tertiary/aromatic N) is 2. The molecule has 1 amide bonds. The van der Waals surface area contributed by atoms with Crippen LogP contribution in [-0.4, -0.2) is 58.2 Å². The first kappa shape index (κ1) is 21.6. The maximum absolute atomic E-state index is 12.5. The Balaban J connectivity index is 1.58. The Morgan fingerprint density at radius 2 is 1.83 bits per heavy atom. The van der Waals surface area contributed by atoms with Gasteiger partial charge in [0.2, 0.25) is 15.9 Å². The van der Waals surface area contributed by atoms with Crippen LogP contribution in [0.3, 0.4) is 0 Å². The SMILES string of the molecule is CC1CCN(CCCNC(=O)CN(c2cccc3ccccc23)S(C)(=O)=O)CC1. The molecule has 2 aromatic carbocycles. The molecule has 29 heavy (non-hydrogen) atoms. The molecule has 0 atom stereocenters. The second kappa shape index (κ2) is 9.59. The third kappa shape index (κ3) is 5.93. The first-order valence-electron chi connectivity index (χ1n) is 10.3. The van der Waals surface area contributed by atoms with Crippen molar-refractivity contribution < 1.29 is 13.2 Å². The van der Waals surface area contributed by atoms with E-state index in [9.17, 15) is 13.2 Å². The largest absolute Gasteiger partial charge is 0.354 e. The molecule has 2 aromatic rings. The molecule has 1 fully saturated rings. The van der Waals surface area contributed by atoms with Gasteiger partial charge in [-0.25, -0.2) is 8.42 Å². The third-order valence-corrected chi connectivity index (χ3v) is 6.70. The van der Waals surface area contributed by atoms with Crippen LogP contribution in [0.4, 0.5) is 5.69 Å². The summed E-state index contributed by atoms with van der Waals surface area (Å²) in [5.74, 6) is 0.526. The smallest absolute Gasteiger partial charge is 0.240 e. The summed E-state index contributed by atoms with van der Waals surface area (Å²) in [6.07, 6.45) is 4.48. The van der Waals surface area contributed by atoms with Crippen LogP contribution < -0.4 is 9.62 Å². The second-order valence-electron chi connectivity index (χ2n) is 8.00. The number of carbonyl (C=O) groups is 1. The molecule has 0 saturated carbocycles. The lowest BCUT2D eigenvalue weighted by Gasteiger charge is -2.30. The van der Waals surface area contributed by atoms with Gasteiger partial charge in [-0.1, -0.05) is 43.3 Å². The van der Waals surface area contributed by atoms with Crippen molar-refractivity contribution in [1.82, 2.24) is 10.2 Å². The van der Waals surface area contributed by atoms with Crippen LogP contribution in [0.2, 0.25) is 0 Å². The summed E-state index contributed by atoms with van der Waals surface area (Å²) in [7, 11) is -3.59. The van der Waals surface area contributed by atoms with Crippen molar-refractivity contribution in [3.8, 4) is 0 Å². The first-order chi connectivity index (χ1) is 13.8. The molecule has 7 heteroatoms. The molecule has 0 unspecified atom stereocenters. The molecular weight excluding hydrogens is 386 g/mol. The molecule has 3 rings (SSSR count). The number of likely N-dealkylation sites (tertiary alicyclic amines) is 1. The van der Waals surface area contributed by atoms with E-state index in [1.54, 1.807) is 6.07 Å². The summed E-state index contributed by atoms with van der Waals surface area (Å²) >= 11 is 0. The van der Waals surface area contributed by atoms with Crippen molar-refractivity contribution in [1.29, 1.82) is 0 Å². The molecule has 0 bridgehead atoms.